The molecule has 0 aliphatic heterocycles. The maximum absolute atomic E-state index is 12.0. The van der Waals surface area contributed by atoms with Crippen molar-refractivity contribution >= 4 is 11.7 Å². The van der Waals surface area contributed by atoms with Gasteiger partial charge in [0.2, 0.25) is 0 Å². The number of aryl methyl sites for hydroxylation is 1. The number of carbonyl (C=O) groups excluding carboxylic acids is 1. The number of likely N-dealkylation sites (N-methyl/N-ethyl adjacent to an activating group) is 1. The molecule has 0 bridgehead atoms. The van der Waals surface area contributed by atoms with E-state index in [1.165, 1.54) is 17.2 Å². The van der Waals surface area contributed by atoms with Crippen molar-refractivity contribution in [3.63, 3.8) is 0 Å². The number of rotatable bonds is 5. The normalized spacial score (nSPS) is 12.4. The van der Waals surface area contributed by atoms with E-state index in [-0.39, 0.29) is 11.9 Å². The fourth-order valence-electron chi connectivity index (χ4n) is 2.21. The third-order valence-corrected chi connectivity index (χ3v) is 3.35. The topological polar surface area (TPSA) is 87.0 Å². The first kappa shape index (κ1) is 15.1. The Morgan fingerprint density at radius 2 is 2.19 bits per heavy atom. The monoisotopic (exact) mass is 287 g/mol. The third-order valence-electron chi connectivity index (χ3n) is 3.35. The second-order valence-electron chi connectivity index (χ2n) is 5.31. The summed E-state index contributed by atoms with van der Waals surface area (Å²) in [5, 5.41) is 9.26. The number of nitrogens with zero attached hydrogens (tertiary/aromatic N) is 2. The standard InChI is InChI=1S/C15H21N5O/c1-10-5-4-6-11(7-10)13(20(2)3)9-17-15(21)12-8-14(16)19-18-12/h4-8,13H,9H2,1-3H3,(H,17,21)(H3,16,18,19)/t13-/m0/s1. The lowest BCUT2D eigenvalue weighted by molar-refractivity contribution is 0.0937. The smallest absolute Gasteiger partial charge is 0.269 e. The van der Waals surface area contributed by atoms with E-state index in [1.54, 1.807) is 0 Å². The molecule has 1 heterocycles. The van der Waals surface area contributed by atoms with Crippen molar-refractivity contribution in [1.82, 2.24) is 20.4 Å². The summed E-state index contributed by atoms with van der Waals surface area (Å²) in [5.41, 5.74) is 8.24. The van der Waals surface area contributed by atoms with Gasteiger partial charge in [-0.2, -0.15) is 5.10 Å². The summed E-state index contributed by atoms with van der Waals surface area (Å²) >= 11 is 0. The van der Waals surface area contributed by atoms with E-state index in [0.717, 1.165) is 0 Å². The average molecular weight is 287 g/mol. The zero-order valence-corrected chi connectivity index (χ0v) is 12.6. The number of benzene rings is 1. The van der Waals surface area contributed by atoms with E-state index >= 15 is 0 Å². The van der Waals surface area contributed by atoms with E-state index in [9.17, 15) is 4.79 Å². The van der Waals surface area contributed by atoms with E-state index in [2.05, 4.69) is 45.5 Å². The molecular weight excluding hydrogens is 266 g/mol. The van der Waals surface area contributed by atoms with Crippen LogP contribution in [-0.4, -0.2) is 41.6 Å². The highest BCUT2D eigenvalue weighted by Gasteiger charge is 2.16. The lowest BCUT2D eigenvalue weighted by Gasteiger charge is -2.25. The summed E-state index contributed by atoms with van der Waals surface area (Å²) in [7, 11) is 3.99. The molecule has 0 saturated heterocycles. The highest BCUT2D eigenvalue weighted by atomic mass is 16.1. The van der Waals surface area contributed by atoms with Gasteiger partial charge in [-0.15, -0.1) is 0 Å². The molecule has 4 N–H and O–H groups in total. The van der Waals surface area contributed by atoms with Crippen molar-refractivity contribution in [3.05, 3.63) is 47.2 Å². The molecular formula is C15H21N5O. The van der Waals surface area contributed by atoms with Crippen molar-refractivity contribution < 1.29 is 4.79 Å². The lowest BCUT2D eigenvalue weighted by atomic mass is 10.0. The largest absolute Gasteiger partial charge is 0.382 e. The Bertz CT molecular complexity index is 620. The van der Waals surface area contributed by atoms with Crippen LogP contribution in [0.4, 0.5) is 5.82 Å². The van der Waals surface area contributed by atoms with Crippen LogP contribution < -0.4 is 11.1 Å². The van der Waals surface area contributed by atoms with Crippen LogP contribution in [0.15, 0.2) is 30.3 Å². The predicted molar refractivity (Wildman–Crippen MR) is 82.9 cm³/mol. The van der Waals surface area contributed by atoms with E-state index < -0.39 is 0 Å². The van der Waals surface area contributed by atoms with Gasteiger partial charge in [-0.25, -0.2) is 0 Å². The molecule has 112 valence electrons. The third kappa shape index (κ3) is 3.82. The van der Waals surface area contributed by atoms with Gasteiger partial charge in [-0.3, -0.25) is 9.89 Å². The van der Waals surface area contributed by atoms with Gasteiger partial charge in [-0.05, 0) is 26.6 Å². The molecule has 0 spiro atoms. The molecule has 1 aromatic heterocycles. The van der Waals surface area contributed by atoms with Gasteiger partial charge in [0, 0.05) is 12.6 Å². The molecule has 0 fully saturated rings. The molecule has 6 heteroatoms. The number of amides is 1. The number of nitrogen functional groups attached to an aromatic ring is 1. The zero-order valence-electron chi connectivity index (χ0n) is 12.6. The van der Waals surface area contributed by atoms with Gasteiger partial charge in [0.05, 0.1) is 6.04 Å². The molecule has 1 atom stereocenters. The maximum atomic E-state index is 12.0. The van der Waals surface area contributed by atoms with Crippen LogP contribution >= 0.6 is 0 Å². The van der Waals surface area contributed by atoms with Crippen molar-refractivity contribution in [2.24, 2.45) is 0 Å². The molecule has 2 aromatic rings. The summed E-state index contributed by atoms with van der Waals surface area (Å²) in [6.07, 6.45) is 0. The van der Waals surface area contributed by atoms with Crippen LogP contribution in [-0.2, 0) is 0 Å². The van der Waals surface area contributed by atoms with E-state index in [4.69, 9.17) is 5.73 Å². The number of aromatic nitrogens is 2. The van der Waals surface area contributed by atoms with Crippen LogP contribution in [0.5, 0.6) is 0 Å². The molecule has 1 aromatic carbocycles. The van der Waals surface area contributed by atoms with Gasteiger partial charge in [0.25, 0.3) is 5.91 Å². The Hall–Kier alpha value is -2.34. The Labute approximate surface area is 124 Å². The van der Waals surface area contributed by atoms with Crippen molar-refractivity contribution in [2.75, 3.05) is 26.4 Å². The van der Waals surface area contributed by atoms with E-state index in [1.807, 2.05) is 20.2 Å². The van der Waals surface area contributed by atoms with Gasteiger partial charge in [-0.1, -0.05) is 29.8 Å². The van der Waals surface area contributed by atoms with Gasteiger partial charge < -0.3 is 16.0 Å². The molecule has 2 rings (SSSR count). The zero-order chi connectivity index (χ0) is 15.4. The fraction of sp³-hybridized carbons (Fsp3) is 0.333. The average Bonchev–Trinajstić information content (AvgIpc) is 2.85. The maximum Gasteiger partial charge on any atom is 0.269 e. The molecule has 0 unspecified atom stereocenters. The van der Waals surface area contributed by atoms with Crippen LogP contribution in [0, 0.1) is 6.92 Å². The van der Waals surface area contributed by atoms with Gasteiger partial charge >= 0.3 is 0 Å². The number of aromatic amines is 1. The van der Waals surface area contributed by atoms with Crippen molar-refractivity contribution in [3.8, 4) is 0 Å². The Kier molecular flexibility index (Phi) is 4.59. The Balaban J connectivity index is 2.05. The minimum absolute atomic E-state index is 0.106. The number of hydrogen-bond acceptors (Lipinski definition) is 4. The molecule has 0 aliphatic carbocycles. The summed E-state index contributed by atoms with van der Waals surface area (Å²) in [6.45, 7) is 2.57. The second-order valence-corrected chi connectivity index (χ2v) is 5.31. The number of anilines is 1. The number of carbonyl (C=O) groups is 1. The quantitative estimate of drug-likeness (QED) is 0.774. The Morgan fingerprint density at radius 3 is 2.76 bits per heavy atom. The highest BCUT2D eigenvalue weighted by molar-refractivity contribution is 5.92. The van der Waals surface area contributed by atoms with Crippen LogP contribution in [0.2, 0.25) is 0 Å². The first-order valence-electron chi connectivity index (χ1n) is 6.79. The Morgan fingerprint density at radius 1 is 1.43 bits per heavy atom. The first-order valence-corrected chi connectivity index (χ1v) is 6.79. The summed E-state index contributed by atoms with van der Waals surface area (Å²) in [4.78, 5) is 14.1. The molecule has 0 saturated carbocycles. The van der Waals surface area contributed by atoms with Crippen LogP contribution in [0.3, 0.4) is 0 Å². The van der Waals surface area contributed by atoms with Gasteiger partial charge in [0.1, 0.15) is 11.5 Å². The molecule has 0 aliphatic rings. The van der Waals surface area contributed by atoms with E-state index in [0.29, 0.717) is 18.1 Å². The number of nitrogens with one attached hydrogen (secondary N) is 2. The fourth-order valence-corrected chi connectivity index (χ4v) is 2.21. The summed E-state index contributed by atoms with van der Waals surface area (Å²) < 4.78 is 0. The number of nitrogens with two attached hydrogens (primary N) is 1. The number of hydrogen-bond donors (Lipinski definition) is 3. The number of H-pyrrole nitrogens is 1. The molecule has 1 amide bonds. The van der Waals surface area contributed by atoms with Crippen molar-refractivity contribution in [2.45, 2.75) is 13.0 Å². The van der Waals surface area contributed by atoms with Crippen LogP contribution in [0.25, 0.3) is 0 Å². The molecule has 0 radical (unpaired) electrons. The van der Waals surface area contributed by atoms with Crippen LogP contribution in [0.1, 0.15) is 27.7 Å². The minimum atomic E-state index is -0.210. The molecule has 6 nitrogen and oxygen atoms in total. The SMILES string of the molecule is Cc1cccc([C@H](CNC(=O)c2cc(N)n[nH]2)N(C)C)c1. The predicted octanol–water partition coefficient (Wildman–Crippen LogP) is 1.33. The summed E-state index contributed by atoms with van der Waals surface area (Å²) in [5.74, 6) is 0.0988. The lowest BCUT2D eigenvalue weighted by Crippen LogP contribution is -2.34. The van der Waals surface area contributed by atoms with Crippen molar-refractivity contribution in [1.29, 1.82) is 0 Å². The molecule has 21 heavy (non-hydrogen) atoms. The second kappa shape index (κ2) is 6.41. The highest BCUT2D eigenvalue weighted by Crippen LogP contribution is 2.18. The summed E-state index contributed by atoms with van der Waals surface area (Å²) in [6, 6.07) is 9.91. The van der Waals surface area contributed by atoms with Gasteiger partial charge in [0.15, 0.2) is 0 Å². The first-order chi connectivity index (χ1) is 9.97. The minimum Gasteiger partial charge on any atom is -0.382 e.